The Morgan fingerprint density at radius 2 is 1.91 bits per heavy atom. The lowest BCUT2D eigenvalue weighted by Gasteiger charge is -2.30. The summed E-state index contributed by atoms with van der Waals surface area (Å²) < 4.78 is 11.3. The van der Waals surface area contributed by atoms with Gasteiger partial charge in [0, 0.05) is 11.5 Å². The maximum absolute atomic E-state index is 12.7. The minimum absolute atomic E-state index is 0.0212. The molecule has 1 N–H and O–H groups in total. The molecular formula is C26H32N4O3. The van der Waals surface area contributed by atoms with Gasteiger partial charge in [-0.05, 0) is 70.0 Å². The van der Waals surface area contributed by atoms with Crippen molar-refractivity contribution in [3.63, 3.8) is 0 Å². The maximum atomic E-state index is 12.7. The number of aromatic nitrogens is 2. The molecule has 1 aromatic heterocycles. The molecule has 0 bridgehead atoms. The smallest absolute Gasteiger partial charge is 0.241 e. The third kappa shape index (κ3) is 6.20. The average Bonchev–Trinajstić information content (AvgIpc) is 3.29. The zero-order valence-corrected chi connectivity index (χ0v) is 19.6. The fourth-order valence-electron chi connectivity index (χ4n) is 4.00. The van der Waals surface area contributed by atoms with Crippen molar-refractivity contribution in [2.45, 2.75) is 46.2 Å². The molecule has 1 atom stereocenters. The van der Waals surface area contributed by atoms with Gasteiger partial charge in [-0.2, -0.15) is 4.98 Å². The fraction of sp³-hybridized carbons (Fsp3) is 0.423. The number of benzene rings is 2. The Morgan fingerprint density at radius 1 is 1.15 bits per heavy atom. The predicted molar refractivity (Wildman–Crippen MR) is 127 cm³/mol. The van der Waals surface area contributed by atoms with Crippen molar-refractivity contribution in [2.24, 2.45) is 5.92 Å². The van der Waals surface area contributed by atoms with Gasteiger partial charge in [0.2, 0.25) is 17.6 Å². The fourth-order valence-corrected chi connectivity index (χ4v) is 4.00. The topological polar surface area (TPSA) is 80.5 Å². The van der Waals surface area contributed by atoms with Crippen LogP contribution in [0.15, 0.2) is 53.1 Å². The number of carbonyl (C=O) groups is 1. The summed E-state index contributed by atoms with van der Waals surface area (Å²) in [5.41, 5.74) is 3.39. The van der Waals surface area contributed by atoms with Gasteiger partial charge in [-0.1, -0.05) is 41.6 Å². The first-order valence-corrected chi connectivity index (χ1v) is 11.6. The number of ether oxygens (including phenoxy) is 1. The van der Waals surface area contributed by atoms with Crippen LogP contribution in [0.5, 0.6) is 5.75 Å². The Morgan fingerprint density at radius 3 is 2.64 bits per heavy atom. The van der Waals surface area contributed by atoms with Crippen LogP contribution in [0.2, 0.25) is 0 Å². The maximum Gasteiger partial charge on any atom is 0.241 e. The van der Waals surface area contributed by atoms with Crippen LogP contribution in [0.25, 0.3) is 11.4 Å². The van der Waals surface area contributed by atoms with Gasteiger partial charge in [-0.25, -0.2) is 0 Å². The Labute approximate surface area is 195 Å². The molecule has 0 saturated carbocycles. The number of nitrogens with zero attached hydrogens (tertiary/aromatic N) is 3. The Kier molecular flexibility index (Phi) is 7.40. The number of piperidine rings is 1. The van der Waals surface area contributed by atoms with E-state index in [1.807, 2.05) is 49.4 Å². The predicted octanol–water partition coefficient (Wildman–Crippen LogP) is 4.15. The van der Waals surface area contributed by atoms with E-state index in [0.717, 1.165) is 37.2 Å². The number of amides is 1. The molecule has 2 heterocycles. The highest BCUT2D eigenvalue weighted by Crippen LogP contribution is 2.21. The van der Waals surface area contributed by atoms with E-state index in [4.69, 9.17) is 9.26 Å². The van der Waals surface area contributed by atoms with Crippen molar-refractivity contribution in [1.29, 1.82) is 0 Å². The second-order valence-electron chi connectivity index (χ2n) is 8.89. The van der Waals surface area contributed by atoms with E-state index in [-0.39, 0.29) is 17.9 Å². The first-order valence-electron chi connectivity index (χ1n) is 11.6. The summed E-state index contributed by atoms with van der Waals surface area (Å²) in [4.78, 5) is 19.5. The third-order valence-electron chi connectivity index (χ3n) is 6.18. The molecule has 2 aromatic carbocycles. The van der Waals surface area contributed by atoms with Crippen molar-refractivity contribution >= 4 is 5.91 Å². The molecule has 3 aromatic rings. The summed E-state index contributed by atoms with van der Waals surface area (Å²) in [6.07, 6.45) is 1.63. The molecule has 7 heteroatoms. The summed E-state index contributed by atoms with van der Waals surface area (Å²) in [5, 5.41) is 7.20. The van der Waals surface area contributed by atoms with E-state index in [2.05, 4.69) is 40.3 Å². The van der Waals surface area contributed by atoms with Crippen LogP contribution in [0.4, 0.5) is 0 Å². The van der Waals surface area contributed by atoms with Gasteiger partial charge in [0.15, 0.2) is 0 Å². The Balaban J connectivity index is 1.19. The van der Waals surface area contributed by atoms with Gasteiger partial charge in [0.05, 0.1) is 12.6 Å². The number of nitrogens with one attached hydrogen (secondary N) is 1. The van der Waals surface area contributed by atoms with Crippen LogP contribution in [0.1, 0.15) is 36.8 Å². The van der Waals surface area contributed by atoms with E-state index in [1.54, 1.807) is 0 Å². The molecule has 4 rings (SSSR count). The Bertz CT molecular complexity index is 1060. The lowest BCUT2D eigenvalue weighted by atomic mass is 9.95. The molecule has 0 spiro atoms. The molecule has 174 valence electrons. The standard InChI is InChI=1S/C26H32N4O3/c1-18-9-10-23(15-19(18)2)32-17-20(3)27-26(31)22-11-13-30(14-12-22)16-24-28-25(29-33-24)21-7-5-4-6-8-21/h4-10,15,20,22H,11-14,16-17H2,1-3H3,(H,27,31). The van der Waals surface area contributed by atoms with E-state index in [9.17, 15) is 4.79 Å². The van der Waals surface area contributed by atoms with Gasteiger partial charge < -0.3 is 14.6 Å². The van der Waals surface area contributed by atoms with E-state index >= 15 is 0 Å². The quantitative estimate of drug-likeness (QED) is 0.558. The second kappa shape index (κ2) is 10.6. The molecular weight excluding hydrogens is 416 g/mol. The molecule has 0 radical (unpaired) electrons. The number of likely N-dealkylation sites (tertiary alicyclic amines) is 1. The lowest BCUT2D eigenvalue weighted by Crippen LogP contribution is -2.44. The van der Waals surface area contributed by atoms with Crippen LogP contribution in [0.3, 0.4) is 0 Å². The highest BCUT2D eigenvalue weighted by Gasteiger charge is 2.26. The lowest BCUT2D eigenvalue weighted by molar-refractivity contribution is -0.127. The molecule has 1 aliphatic rings. The van der Waals surface area contributed by atoms with Crippen molar-refractivity contribution in [1.82, 2.24) is 20.4 Å². The first kappa shape index (κ1) is 23.0. The monoisotopic (exact) mass is 448 g/mol. The summed E-state index contributed by atoms with van der Waals surface area (Å²) in [7, 11) is 0. The van der Waals surface area contributed by atoms with Crippen LogP contribution in [0, 0.1) is 19.8 Å². The minimum atomic E-state index is -0.0491. The van der Waals surface area contributed by atoms with E-state index in [0.29, 0.717) is 24.9 Å². The summed E-state index contributed by atoms with van der Waals surface area (Å²) in [6.45, 7) is 8.84. The minimum Gasteiger partial charge on any atom is -0.491 e. The Hall–Kier alpha value is -3.19. The summed E-state index contributed by atoms with van der Waals surface area (Å²) in [6, 6.07) is 15.8. The highest BCUT2D eigenvalue weighted by atomic mass is 16.5. The molecule has 1 amide bonds. The zero-order valence-electron chi connectivity index (χ0n) is 19.6. The summed E-state index contributed by atoms with van der Waals surface area (Å²) >= 11 is 0. The second-order valence-corrected chi connectivity index (χ2v) is 8.89. The van der Waals surface area contributed by atoms with Crippen molar-refractivity contribution in [3.8, 4) is 17.1 Å². The molecule has 1 unspecified atom stereocenters. The first-order chi connectivity index (χ1) is 16.0. The van der Waals surface area contributed by atoms with Gasteiger partial charge in [0.25, 0.3) is 0 Å². The highest BCUT2D eigenvalue weighted by molar-refractivity contribution is 5.79. The van der Waals surface area contributed by atoms with Crippen LogP contribution >= 0.6 is 0 Å². The largest absolute Gasteiger partial charge is 0.491 e. The van der Waals surface area contributed by atoms with Crippen LogP contribution in [-0.2, 0) is 11.3 Å². The molecule has 1 aliphatic heterocycles. The molecule has 1 saturated heterocycles. The normalized spacial score (nSPS) is 15.8. The summed E-state index contributed by atoms with van der Waals surface area (Å²) in [5.74, 6) is 2.18. The molecule has 0 aliphatic carbocycles. The number of rotatable bonds is 8. The molecule has 33 heavy (non-hydrogen) atoms. The van der Waals surface area contributed by atoms with Crippen LogP contribution < -0.4 is 10.1 Å². The number of hydrogen-bond acceptors (Lipinski definition) is 6. The van der Waals surface area contributed by atoms with Crippen molar-refractivity contribution in [2.75, 3.05) is 19.7 Å². The van der Waals surface area contributed by atoms with Gasteiger partial charge in [0.1, 0.15) is 12.4 Å². The SMILES string of the molecule is Cc1ccc(OCC(C)NC(=O)C2CCN(Cc3nc(-c4ccccc4)no3)CC2)cc1C. The van der Waals surface area contributed by atoms with E-state index < -0.39 is 0 Å². The number of hydrogen-bond donors (Lipinski definition) is 1. The molecule has 7 nitrogen and oxygen atoms in total. The van der Waals surface area contributed by atoms with Crippen molar-refractivity contribution < 1.29 is 14.1 Å². The van der Waals surface area contributed by atoms with Crippen LogP contribution in [-0.4, -0.2) is 46.7 Å². The van der Waals surface area contributed by atoms with Gasteiger partial charge in [-0.15, -0.1) is 0 Å². The molecule has 1 fully saturated rings. The van der Waals surface area contributed by atoms with Crippen molar-refractivity contribution in [3.05, 3.63) is 65.5 Å². The third-order valence-corrected chi connectivity index (χ3v) is 6.18. The van der Waals surface area contributed by atoms with Gasteiger partial charge >= 0.3 is 0 Å². The number of aryl methyl sites for hydroxylation is 2. The number of carbonyl (C=O) groups excluding carboxylic acids is 1. The van der Waals surface area contributed by atoms with Gasteiger partial charge in [-0.3, -0.25) is 9.69 Å². The average molecular weight is 449 g/mol. The zero-order chi connectivity index (χ0) is 23.2. The van der Waals surface area contributed by atoms with E-state index in [1.165, 1.54) is 11.1 Å².